The first-order valence-electron chi connectivity index (χ1n) is 6.66. The van der Waals surface area contributed by atoms with Crippen molar-refractivity contribution in [3.8, 4) is 5.75 Å². The second-order valence-corrected chi connectivity index (χ2v) is 5.61. The van der Waals surface area contributed by atoms with E-state index in [2.05, 4.69) is 29.0 Å². The van der Waals surface area contributed by atoms with Gasteiger partial charge in [-0.25, -0.2) is 4.79 Å². The third kappa shape index (κ3) is 4.83. The molecule has 0 saturated heterocycles. The number of hydrogen-bond acceptors (Lipinski definition) is 4. The van der Waals surface area contributed by atoms with Crippen LogP contribution in [0.2, 0.25) is 0 Å². The summed E-state index contributed by atoms with van der Waals surface area (Å²) in [5, 5.41) is 0. The lowest BCUT2D eigenvalue weighted by molar-refractivity contribution is 0.121. The molecule has 0 unspecified atom stereocenters. The summed E-state index contributed by atoms with van der Waals surface area (Å²) in [6.45, 7) is 2.02. The normalized spacial score (nSPS) is 10.2. The van der Waals surface area contributed by atoms with Gasteiger partial charge < -0.3 is 9.47 Å². The van der Waals surface area contributed by atoms with E-state index < -0.39 is 6.16 Å². The van der Waals surface area contributed by atoms with Gasteiger partial charge in [-0.1, -0.05) is 36.4 Å². The summed E-state index contributed by atoms with van der Waals surface area (Å²) in [7, 11) is 1.30. The molecule has 0 fully saturated rings. The van der Waals surface area contributed by atoms with Crippen LogP contribution in [0.4, 0.5) is 4.79 Å². The maximum atomic E-state index is 11.1. The molecule has 0 aromatic heterocycles. The van der Waals surface area contributed by atoms with Gasteiger partial charge in [0.05, 0.1) is 7.11 Å². The number of hydrogen-bond donors (Lipinski definition) is 0. The number of benzene rings is 2. The molecule has 0 heterocycles. The maximum Gasteiger partial charge on any atom is 0.513 e. The summed E-state index contributed by atoms with van der Waals surface area (Å²) in [5.74, 6) is 2.43. The molecule has 0 radical (unpaired) electrons. The van der Waals surface area contributed by atoms with Gasteiger partial charge in [-0.3, -0.25) is 0 Å². The standard InChI is InChI=1S/C17H18O3S/c1-13-10-16(20-17(18)19-2)9-8-15(13)12-21-11-14-6-4-3-5-7-14/h3-10H,11-12H2,1-2H3. The Morgan fingerprint density at radius 2 is 1.86 bits per heavy atom. The molecule has 21 heavy (non-hydrogen) atoms. The van der Waals surface area contributed by atoms with Crippen molar-refractivity contribution in [1.82, 2.24) is 0 Å². The van der Waals surface area contributed by atoms with E-state index >= 15 is 0 Å². The maximum absolute atomic E-state index is 11.1. The third-order valence-electron chi connectivity index (χ3n) is 3.05. The second kappa shape index (κ2) is 7.74. The van der Waals surface area contributed by atoms with E-state index in [-0.39, 0.29) is 0 Å². The predicted molar refractivity (Wildman–Crippen MR) is 85.7 cm³/mol. The fraction of sp³-hybridized carbons (Fsp3) is 0.235. The van der Waals surface area contributed by atoms with E-state index in [1.165, 1.54) is 18.2 Å². The van der Waals surface area contributed by atoms with Crippen molar-refractivity contribution in [3.05, 3.63) is 65.2 Å². The van der Waals surface area contributed by atoms with E-state index in [9.17, 15) is 4.79 Å². The molecule has 0 aliphatic carbocycles. The molecular formula is C17H18O3S. The van der Waals surface area contributed by atoms with Crippen molar-refractivity contribution < 1.29 is 14.3 Å². The highest BCUT2D eigenvalue weighted by molar-refractivity contribution is 7.97. The molecular weight excluding hydrogens is 284 g/mol. The molecule has 0 N–H and O–H groups in total. The van der Waals surface area contributed by atoms with Crippen molar-refractivity contribution in [2.75, 3.05) is 7.11 Å². The molecule has 3 nitrogen and oxygen atoms in total. The number of thioether (sulfide) groups is 1. The van der Waals surface area contributed by atoms with Crippen LogP contribution in [0, 0.1) is 6.92 Å². The summed E-state index contributed by atoms with van der Waals surface area (Å²) in [6.07, 6.45) is -0.694. The summed E-state index contributed by atoms with van der Waals surface area (Å²) in [6, 6.07) is 16.0. The Bertz CT molecular complexity index is 596. The van der Waals surface area contributed by atoms with Crippen molar-refractivity contribution in [1.29, 1.82) is 0 Å². The van der Waals surface area contributed by atoms with E-state index in [0.29, 0.717) is 5.75 Å². The number of ether oxygens (including phenoxy) is 2. The minimum atomic E-state index is -0.694. The molecule has 0 bridgehead atoms. The van der Waals surface area contributed by atoms with Crippen LogP contribution in [0.25, 0.3) is 0 Å². The van der Waals surface area contributed by atoms with Gasteiger partial charge in [-0.2, -0.15) is 11.8 Å². The van der Waals surface area contributed by atoms with Gasteiger partial charge in [0.1, 0.15) is 5.75 Å². The minimum Gasteiger partial charge on any atom is -0.437 e. The molecule has 2 aromatic carbocycles. The van der Waals surface area contributed by atoms with Gasteiger partial charge in [0.2, 0.25) is 0 Å². The fourth-order valence-electron chi connectivity index (χ4n) is 1.88. The van der Waals surface area contributed by atoms with Crippen LogP contribution in [0.3, 0.4) is 0 Å². The van der Waals surface area contributed by atoms with Gasteiger partial charge >= 0.3 is 6.16 Å². The molecule has 2 rings (SSSR count). The molecule has 0 spiro atoms. The SMILES string of the molecule is COC(=O)Oc1ccc(CSCc2ccccc2)c(C)c1. The van der Waals surface area contributed by atoms with Crippen LogP contribution in [0.1, 0.15) is 16.7 Å². The minimum absolute atomic E-state index is 0.510. The number of carbonyl (C=O) groups excluding carboxylic acids is 1. The monoisotopic (exact) mass is 302 g/mol. The van der Waals surface area contributed by atoms with Gasteiger partial charge in [-0.15, -0.1) is 0 Å². The second-order valence-electron chi connectivity index (χ2n) is 4.62. The lowest BCUT2D eigenvalue weighted by Gasteiger charge is -2.08. The zero-order valence-corrected chi connectivity index (χ0v) is 13.0. The van der Waals surface area contributed by atoms with Crippen LogP contribution in [0.15, 0.2) is 48.5 Å². The first-order valence-corrected chi connectivity index (χ1v) is 7.81. The zero-order valence-electron chi connectivity index (χ0n) is 12.2. The zero-order chi connectivity index (χ0) is 15.1. The summed E-state index contributed by atoms with van der Waals surface area (Å²) in [4.78, 5) is 11.1. The highest BCUT2D eigenvalue weighted by Crippen LogP contribution is 2.23. The van der Waals surface area contributed by atoms with E-state index in [0.717, 1.165) is 17.1 Å². The summed E-state index contributed by atoms with van der Waals surface area (Å²) in [5.41, 5.74) is 3.68. The Kier molecular flexibility index (Phi) is 5.69. The van der Waals surface area contributed by atoms with Crippen molar-refractivity contribution >= 4 is 17.9 Å². The van der Waals surface area contributed by atoms with Crippen molar-refractivity contribution in [2.45, 2.75) is 18.4 Å². The summed E-state index contributed by atoms with van der Waals surface area (Å²) >= 11 is 1.87. The molecule has 0 atom stereocenters. The molecule has 0 aliphatic rings. The van der Waals surface area contributed by atoms with E-state index in [1.807, 2.05) is 36.9 Å². The number of carbonyl (C=O) groups is 1. The van der Waals surface area contributed by atoms with Crippen molar-refractivity contribution in [3.63, 3.8) is 0 Å². The highest BCUT2D eigenvalue weighted by atomic mass is 32.2. The quantitative estimate of drug-likeness (QED) is 0.598. The first-order chi connectivity index (χ1) is 10.2. The highest BCUT2D eigenvalue weighted by Gasteiger charge is 2.06. The molecule has 110 valence electrons. The van der Waals surface area contributed by atoms with Crippen LogP contribution in [0.5, 0.6) is 5.75 Å². The van der Waals surface area contributed by atoms with Gasteiger partial charge in [0.25, 0.3) is 0 Å². The van der Waals surface area contributed by atoms with E-state index in [4.69, 9.17) is 4.74 Å². The number of methoxy groups -OCH3 is 1. The van der Waals surface area contributed by atoms with Crippen LogP contribution < -0.4 is 4.74 Å². The van der Waals surface area contributed by atoms with Crippen LogP contribution in [-0.2, 0) is 16.2 Å². The largest absolute Gasteiger partial charge is 0.513 e. The van der Waals surface area contributed by atoms with Gasteiger partial charge in [-0.05, 0) is 35.7 Å². The molecule has 0 amide bonds. The topological polar surface area (TPSA) is 35.5 Å². The Labute approximate surface area is 129 Å². The number of rotatable bonds is 5. The average molecular weight is 302 g/mol. The molecule has 2 aromatic rings. The van der Waals surface area contributed by atoms with Gasteiger partial charge in [0.15, 0.2) is 0 Å². The fourth-order valence-corrected chi connectivity index (χ4v) is 2.96. The Morgan fingerprint density at radius 3 is 2.52 bits per heavy atom. The van der Waals surface area contributed by atoms with Crippen LogP contribution >= 0.6 is 11.8 Å². The molecule has 4 heteroatoms. The third-order valence-corrected chi connectivity index (χ3v) is 4.10. The molecule has 0 aliphatic heterocycles. The average Bonchev–Trinajstić information content (AvgIpc) is 2.50. The lowest BCUT2D eigenvalue weighted by atomic mass is 10.1. The molecule has 0 saturated carbocycles. The Hall–Kier alpha value is -1.94. The van der Waals surface area contributed by atoms with E-state index in [1.54, 1.807) is 6.07 Å². The van der Waals surface area contributed by atoms with Gasteiger partial charge in [0, 0.05) is 11.5 Å². The predicted octanol–water partition coefficient (Wildman–Crippen LogP) is 4.57. The lowest BCUT2D eigenvalue weighted by Crippen LogP contribution is -2.07. The van der Waals surface area contributed by atoms with Crippen molar-refractivity contribution in [2.24, 2.45) is 0 Å². The Balaban J connectivity index is 1.90. The Morgan fingerprint density at radius 1 is 1.10 bits per heavy atom. The smallest absolute Gasteiger partial charge is 0.437 e. The first kappa shape index (κ1) is 15.4. The summed E-state index contributed by atoms with van der Waals surface area (Å²) < 4.78 is 9.48. The number of aryl methyl sites for hydroxylation is 1. The van der Waals surface area contributed by atoms with Crippen LogP contribution in [-0.4, -0.2) is 13.3 Å².